The standard InChI is InChI=1S/C28H26ClN3O/c1-3-17-28(20-13-8-5-9-14-20)18-30-27(32-28)23-21-15-10-16-22(29)25(21)31-24(26(23)33-2)19-11-6-4-7-12-19/h4-16H,3,17-18H2,1-2H3,(H,30,32). The van der Waals surface area contributed by atoms with Crippen molar-refractivity contribution in [3.8, 4) is 17.0 Å². The summed E-state index contributed by atoms with van der Waals surface area (Å²) in [6.07, 6.45) is 2.02. The third-order valence-electron chi connectivity index (χ3n) is 6.28. The van der Waals surface area contributed by atoms with Crippen LogP contribution in [0.5, 0.6) is 5.75 Å². The normalized spacial score (nSPS) is 17.6. The maximum absolute atomic E-state index is 6.63. The van der Waals surface area contributed by atoms with Gasteiger partial charge in [0.15, 0.2) is 5.75 Å². The average Bonchev–Trinajstić information content (AvgIpc) is 3.29. The number of para-hydroxylation sites is 1. The molecule has 0 saturated heterocycles. The van der Waals surface area contributed by atoms with Crippen LogP contribution >= 0.6 is 11.6 Å². The quantitative estimate of drug-likeness (QED) is 0.356. The van der Waals surface area contributed by atoms with Crippen LogP contribution in [0.3, 0.4) is 0 Å². The molecule has 3 aromatic carbocycles. The maximum Gasteiger partial charge on any atom is 0.156 e. The number of hydrogen-bond donors (Lipinski definition) is 1. The van der Waals surface area contributed by atoms with Gasteiger partial charge in [0.25, 0.3) is 0 Å². The number of benzene rings is 3. The Labute approximate surface area is 199 Å². The molecule has 0 spiro atoms. The van der Waals surface area contributed by atoms with E-state index in [2.05, 4.69) is 36.5 Å². The highest BCUT2D eigenvalue weighted by Gasteiger charge is 2.38. The van der Waals surface area contributed by atoms with Crippen molar-refractivity contribution in [2.75, 3.05) is 13.7 Å². The van der Waals surface area contributed by atoms with Gasteiger partial charge in [-0.15, -0.1) is 0 Å². The van der Waals surface area contributed by atoms with Crippen LogP contribution in [-0.4, -0.2) is 24.5 Å². The smallest absolute Gasteiger partial charge is 0.156 e. The van der Waals surface area contributed by atoms with Crippen molar-refractivity contribution < 1.29 is 4.74 Å². The molecular formula is C28H26ClN3O. The molecule has 4 nitrogen and oxygen atoms in total. The van der Waals surface area contributed by atoms with E-state index in [-0.39, 0.29) is 5.54 Å². The van der Waals surface area contributed by atoms with Gasteiger partial charge in [0.05, 0.1) is 35.3 Å². The first kappa shape index (κ1) is 21.5. The maximum atomic E-state index is 6.63. The first-order valence-electron chi connectivity index (χ1n) is 11.3. The highest BCUT2D eigenvalue weighted by atomic mass is 35.5. The van der Waals surface area contributed by atoms with E-state index >= 15 is 0 Å². The van der Waals surface area contributed by atoms with Crippen LogP contribution in [0.2, 0.25) is 5.02 Å². The summed E-state index contributed by atoms with van der Waals surface area (Å²) in [4.78, 5) is 9.97. The molecule has 0 aliphatic carbocycles. The van der Waals surface area contributed by atoms with Crippen molar-refractivity contribution in [3.63, 3.8) is 0 Å². The monoisotopic (exact) mass is 455 g/mol. The van der Waals surface area contributed by atoms with Gasteiger partial charge < -0.3 is 10.1 Å². The fourth-order valence-corrected chi connectivity index (χ4v) is 4.97. The van der Waals surface area contributed by atoms with Crippen molar-refractivity contribution in [1.82, 2.24) is 10.3 Å². The van der Waals surface area contributed by atoms with Gasteiger partial charge in [0.2, 0.25) is 0 Å². The molecule has 0 fully saturated rings. The van der Waals surface area contributed by atoms with Gasteiger partial charge in [0.1, 0.15) is 11.5 Å². The molecule has 166 valence electrons. The number of amidine groups is 1. The summed E-state index contributed by atoms with van der Waals surface area (Å²) in [5.41, 5.74) is 4.36. The Morgan fingerprint density at radius 1 is 0.970 bits per heavy atom. The van der Waals surface area contributed by atoms with Gasteiger partial charge >= 0.3 is 0 Å². The molecule has 4 aromatic rings. The van der Waals surface area contributed by atoms with Gasteiger partial charge in [-0.25, -0.2) is 4.98 Å². The molecule has 5 heteroatoms. The third kappa shape index (κ3) is 3.75. The first-order valence-corrected chi connectivity index (χ1v) is 11.6. The topological polar surface area (TPSA) is 46.5 Å². The number of pyridine rings is 1. The predicted molar refractivity (Wildman–Crippen MR) is 136 cm³/mol. The molecular weight excluding hydrogens is 430 g/mol. The van der Waals surface area contributed by atoms with Gasteiger partial charge in [0, 0.05) is 10.9 Å². The molecule has 33 heavy (non-hydrogen) atoms. The van der Waals surface area contributed by atoms with Gasteiger partial charge in [-0.05, 0) is 18.1 Å². The van der Waals surface area contributed by atoms with E-state index in [9.17, 15) is 0 Å². The van der Waals surface area contributed by atoms with Gasteiger partial charge in [-0.2, -0.15) is 0 Å². The molecule has 2 heterocycles. The SMILES string of the molecule is CCCC1(c2ccccc2)CN=C(c2c(OC)c(-c3ccccc3)nc3c(Cl)cccc23)N1. The van der Waals surface area contributed by atoms with Crippen molar-refractivity contribution in [2.24, 2.45) is 4.99 Å². The lowest BCUT2D eigenvalue weighted by molar-refractivity contribution is 0.391. The summed E-state index contributed by atoms with van der Waals surface area (Å²) < 4.78 is 6.00. The highest BCUT2D eigenvalue weighted by molar-refractivity contribution is 6.35. The number of halogens is 1. The fourth-order valence-electron chi connectivity index (χ4n) is 4.75. The summed E-state index contributed by atoms with van der Waals surface area (Å²) in [5, 5.41) is 5.33. The fraction of sp³-hybridized carbons (Fsp3) is 0.214. The number of fused-ring (bicyclic) bond motifs is 1. The number of nitrogens with one attached hydrogen (secondary N) is 1. The molecule has 0 bridgehead atoms. The Hall–Kier alpha value is -3.37. The number of hydrogen-bond acceptors (Lipinski definition) is 4. The Bertz CT molecular complexity index is 1320. The van der Waals surface area contributed by atoms with Crippen LogP contribution in [0.4, 0.5) is 0 Å². The number of ether oxygens (including phenoxy) is 1. The van der Waals surface area contributed by atoms with E-state index in [1.165, 1.54) is 5.56 Å². The van der Waals surface area contributed by atoms with Crippen molar-refractivity contribution in [1.29, 1.82) is 0 Å². The van der Waals surface area contributed by atoms with E-state index in [0.29, 0.717) is 17.3 Å². The van der Waals surface area contributed by atoms with E-state index in [1.807, 2.05) is 54.6 Å². The second-order valence-electron chi connectivity index (χ2n) is 8.36. The molecule has 1 unspecified atom stereocenters. The molecule has 0 radical (unpaired) electrons. The van der Waals surface area contributed by atoms with Crippen LogP contribution in [-0.2, 0) is 5.54 Å². The zero-order valence-corrected chi connectivity index (χ0v) is 19.6. The molecule has 1 aromatic heterocycles. The second kappa shape index (κ2) is 8.87. The number of aromatic nitrogens is 1. The summed E-state index contributed by atoms with van der Waals surface area (Å²) in [6.45, 7) is 2.87. The van der Waals surface area contributed by atoms with Gasteiger partial charge in [-0.3, -0.25) is 4.99 Å². The average molecular weight is 456 g/mol. The Morgan fingerprint density at radius 3 is 2.39 bits per heavy atom. The Balaban J connectivity index is 1.72. The lowest BCUT2D eigenvalue weighted by Gasteiger charge is -2.30. The molecule has 1 N–H and O–H groups in total. The lowest BCUT2D eigenvalue weighted by atomic mass is 9.86. The summed E-state index contributed by atoms with van der Waals surface area (Å²) >= 11 is 6.63. The number of nitrogens with zero attached hydrogens (tertiary/aromatic N) is 2. The van der Waals surface area contributed by atoms with E-state index in [0.717, 1.165) is 46.4 Å². The lowest BCUT2D eigenvalue weighted by Crippen LogP contribution is -2.43. The molecule has 1 atom stereocenters. The second-order valence-corrected chi connectivity index (χ2v) is 8.77. The first-order chi connectivity index (χ1) is 16.2. The zero-order valence-electron chi connectivity index (χ0n) is 18.8. The summed E-state index contributed by atoms with van der Waals surface area (Å²) in [7, 11) is 1.69. The molecule has 1 aliphatic heterocycles. The molecule has 0 amide bonds. The summed E-state index contributed by atoms with van der Waals surface area (Å²) in [6, 6.07) is 26.5. The molecule has 1 aliphatic rings. The van der Waals surface area contributed by atoms with Crippen molar-refractivity contribution >= 4 is 28.3 Å². The number of rotatable bonds is 6. The van der Waals surface area contributed by atoms with E-state index in [4.69, 9.17) is 26.3 Å². The minimum absolute atomic E-state index is 0.253. The predicted octanol–water partition coefficient (Wildman–Crippen LogP) is 6.61. The van der Waals surface area contributed by atoms with Crippen LogP contribution in [0.15, 0.2) is 83.9 Å². The largest absolute Gasteiger partial charge is 0.494 e. The van der Waals surface area contributed by atoms with Crippen LogP contribution in [0, 0.1) is 0 Å². The van der Waals surface area contributed by atoms with Crippen LogP contribution in [0.25, 0.3) is 22.2 Å². The van der Waals surface area contributed by atoms with E-state index in [1.54, 1.807) is 7.11 Å². The van der Waals surface area contributed by atoms with E-state index < -0.39 is 0 Å². The summed E-state index contributed by atoms with van der Waals surface area (Å²) in [5.74, 6) is 1.51. The Morgan fingerprint density at radius 2 is 1.70 bits per heavy atom. The third-order valence-corrected chi connectivity index (χ3v) is 6.58. The van der Waals surface area contributed by atoms with Crippen molar-refractivity contribution in [2.45, 2.75) is 25.3 Å². The molecule has 5 rings (SSSR count). The molecule has 0 saturated carbocycles. The Kier molecular flexibility index (Phi) is 5.77. The minimum atomic E-state index is -0.253. The highest BCUT2D eigenvalue weighted by Crippen LogP contribution is 2.40. The van der Waals surface area contributed by atoms with Gasteiger partial charge in [-0.1, -0.05) is 97.7 Å². The number of methoxy groups -OCH3 is 1. The zero-order chi connectivity index (χ0) is 22.8. The van der Waals surface area contributed by atoms with Crippen molar-refractivity contribution in [3.05, 3.63) is 95.0 Å². The number of aliphatic imine (C=N–C) groups is 1. The van der Waals surface area contributed by atoms with Crippen LogP contribution < -0.4 is 10.1 Å². The van der Waals surface area contributed by atoms with Crippen LogP contribution in [0.1, 0.15) is 30.9 Å². The minimum Gasteiger partial charge on any atom is -0.494 e.